The van der Waals surface area contributed by atoms with Crippen LogP contribution in [0.1, 0.15) is 38.5 Å². The van der Waals surface area contributed by atoms with Gasteiger partial charge in [0.05, 0.1) is 5.84 Å². The first-order chi connectivity index (χ1) is 6.43. The van der Waals surface area contributed by atoms with Crippen LogP contribution in [0.25, 0.3) is 0 Å². The Bertz CT molecular complexity index is 214. The van der Waals surface area contributed by atoms with Crippen LogP contribution in [0.2, 0.25) is 0 Å². The van der Waals surface area contributed by atoms with Gasteiger partial charge in [0.2, 0.25) is 0 Å². The Morgan fingerprint density at radius 2 is 1.85 bits per heavy atom. The third-order valence-electron chi connectivity index (χ3n) is 3.47. The average molecular weight is 178 g/mol. The van der Waals surface area contributed by atoms with Crippen molar-refractivity contribution in [3.63, 3.8) is 0 Å². The maximum absolute atomic E-state index is 4.50. The number of aliphatic imine (C=N–C) groups is 1. The molecule has 0 amide bonds. The molecule has 0 aromatic carbocycles. The Kier molecular flexibility index (Phi) is 1.81. The standard InChI is InChI=1S/C11H18N2/c1-2-10(12-7-1)13-11(8-3-4-8)9-5-6-9/h8-9,11H,1-7H2,(H,12,13). The van der Waals surface area contributed by atoms with Gasteiger partial charge in [-0.15, -0.1) is 0 Å². The van der Waals surface area contributed by atoms with Crippen LogP contribution >= 0.6 is 0 Å². The van der Waals surface area contributed by atoms with Crippen LogP contribution in [0.15, 0.2) is 4.99 Å². The summed E-state index contributed by atoms with van der Waals surface area (Å²) in [6.07, 6.45) is 8.31. The van der Waals surface area contributed by atoms with E-state index in [1.54, 1.807) is 0 Å². The molecule has 1 N–H and O–H groups in total. The van der Waals surface area contributed by atoms with Gasteiger partial charge in [0.15, 0.2) is 0 Å². The van der Waals surface area contributed by atoms with E-state index in [9.17, 15) is 0 Å². The SMILES string of the molecule is C1CN=C(NC(C2CC2)C2CC2)C1. The topological polar surface area (TPSA) is 24.4 Å². The number of nitrogens with one attached hydrogen (secondary N) is 1. The van der Waals surface area contributed by atoms with Crippen molar-refractivity contribution >= 4 is 5.84 Å². The van der Waals surface area contributed by atoms with E-state index < -0.39 is 0 Å². The van der Waals surface area contributed by atoms with Gasteiger partial charge in [0.25, 0.3) is 0 Å². The van der Waals surface area contributed by atoms with Gasteiger partial charge in [0.1, 0.15) is 0 Å². The first-order valence-corrected chi connectivity index (χ1v) is 5.73. The molecule has 2 nitrogen and oxygen atoms in total. The number of hydrogen-bond donors (Lipinski definition) is 1. The summed E-state index contributed by atoms with van der Waals surface area (Å²) in [5.74, 6) is 3.30. The van der Waals surface area contributed by atoms with Crippen LogP contribution in [0.5, 0.6) is 0 Å². The van der Waals surface area contributed by atoms with Crippen LogP contribution in [-0.4, -0.2) is 18.4 Å². The fourth-order valence-corrected chi connectivity index (χ4v) is 2.38. The molecule has 0 saturated heterocycles. The molecule has 0 bridgehead atoms. The summed E-state index contributed by atoms with van der Waals surface area (Å²) in [6, 6.07) is 0.803. The summed E-state index contributed by atoms with van der Waals surface area (Å²) in [5, 5.41) is 3.69. The molecule has 1 aliphatic heterocycles. The smallest absolute Gasteiger partial charge is 0.0966 e. The van der Waals surface area contributed by atoms with Gasteiger partial charge < -0.3 is 5.32 Å². The average Bonchev–Trinajstić information content (AvgIpc) is 3.04. The molecule has 0 unspecified atom stereocenters. The van der Waals surface area contributed by atoms with E-state index in [4.69, 9.17) is 0 Å². The highest BCUT2D eigenvalue weighted by Gasteiger charge is 2.41. The summed E-state index contributed by atoms with van der Waals surface area (Å²) in [6.45, 7) is 1.06. The predicted octanol–water partition coefficient (Wildman–Crippen LogP) is 1.96. The molecule has 2 aliphatic carbocycles. The Morgan fingerprint density at radius 1 is 1.15 bits per heavy atom. The highest BCUT2D eigenvalue weighted by Crippen LogP contribution is 2.44. The normalized spacial score (nSPS) is 27.9. The Balaban J connectivity index is 1.60. The molecule has 0 aromatic rings. The lowest BCUT2D eigenvalue weighted by Crippen LogP contribution is -2.37. The first-order valence-electron chi connectivity index (χ1n) is 5.73. The fraction of sp³-hybridized carbons (Fsp3) is 0.909. The van der Waals surface area contributed by atoms with Gasteiger partial charge in [-0.3, -0.25) is 4.99 Å². The van der Waals surface area contributed by atoms with Crippen LogP contribution in [-0.2, 0) is 0 Å². The first kappa shape index (κ1) is 7.84. The van der Waals surface area contributed by atoms with Crippen molar-refractivity contribution in [3.8, 4) is 0 Å². The predicted molar refractivity (Wildman–Crippen MR) is 53.9 cm³/mol. The van der Waals surface area contributed by atoms with Gasteiger partial charge in [-0.1, -0.05) is 0 Å². The minimum Gasteiger partial charge on any atom is -0.371 e. The zero-order valence-corrected chi connectivity index (χ0v) is 8.13. The number of amidine groups is 1. The lowest BCUT2D eigenvalue weighted by molar-refractivity contribution is 0.480. The summed E-state index contributed by atoms with van der Waals surface area (Å²) < 4.78 is 0. The van der Waals surface area contributed by atoms with Crippen LogP contribution in [0, 0.1) is 11.8 Å². The second-order valence-corrected chi connectivity index (χ2v) is 4.78. The van der Waals surface area contributed by atoms with Crippen LogP contribution < -0.4 is 5.32 Å². The summed E-state index contributed by atoms with van der Waals surface area (Å²) >= 11 is 0. The van der Waals surface area contributed by atoms with Crippen molar-refractivity contribution < 1.29 is 0 Å². The van der Waals surface area contributed by atoms with Gasteiger partial charge in [-0.25, -0.2) is 0 Å². The molecule has 2 heteroatoms. The Labute approximate surface area is 79.8 Å². The Hall–Kier alpha value is -0.530. The highest BCUT2D eigenvalue weighted by molar-refractivity contribution is 5.83. The summed E-state index contributed by atoms with van der Waals surface area (Å²) in [7, 11) is 0. The lowest BCUT2D eigenvalue weighted by atomic mass is 10.1. The molecule has 72 valence electrons. The van der Waals surface area contributed by atoms with Crippen molar-refractivity contribution in [2.45, 2.75) is 44.6 Å². The Morgan fingerprint density at radius 3 is 2.31 bits per heavy atom. The van der Waals surface area contributed by atoms with E-state index in [0.29, 0.717) is 0 Å². The van der Waals surface area contributed by atoms with Gasteiger partial charge in [0, 0.05) is 19.0 Å². The van der Waals surface area contributed by atoms with Crippen molar-refractivity contribution in [3.05, 3.63) is 0 Å². The number of rotatable bonds is 3. The molecule has 2 saturated carbocycles. The third kappa shape index (κ3) is 1.72. The molecule has 0 atom stereocenters. The molecule has 1 heterocycles. The largest absolute Gasteiger partial charge is 0.371 e. The molecule has 3 rings (SSSR count). The second kappa shape index (κ2) is 3.00. The van der Waals surface area contributed by atoms with Crippen LogP contribution in [0.3, 0.4) is 0 Å². The van der Waals surface area contributed by atoms with Gasteiger partial charge in [-0.2, -0.15) is 0 Å². The lowest BCUT2D eigenvalue weighted by Gasteiger charge is -2.18. The monoisotopic (exact) mass is 178 g/mol. The van der Waals surface area contributed by atoms with Crippen molar-refractivity contribution in [1.82, 2.24) is 5.32 Å². The van der Waals surface area contributed by atoms with E-state index in [1.165, 1.54) is 44.4 Å². The van der Waals surface area contributed by atoms with Crippen LogP contribution in [0.4, 0.5) is 0 Å². The minimum absolute atomic E-state index is 0.803. The second-order valence-electron chi connectivity index (χ2n) is 4.78. The molecule has 2 fully saturated rings. The molecule has 13 heavy (non-hydrogen) atoms. The van der Waals surface area contributed by atoms with Gasteiger partial charge in [-0.05, 0) is 43.9 Å². The van der Waals surface area contributed by atoms with E-state index in [0.717, 1.165) is 24.4 Å². The minimum atomic E-state index is 0.803. The third-order valence-corrected chi connectivity index (χ3v) is 3.47. The number of nitrogens with zero attached hydrogens (tertiary/aromatic N) is 1. The number of hydrogen-bond acceptors (Lipinski definition) is 2. The highest BCUT2D eigenvalue weighted by atomic mass is 15.1. The molecular weight excluding hydrogens is 160 g/mol. The van der Waals surface area contributed by atoms with E-state index >= 15 is 0 Å². The molecule has 0 spiro atoms. The molecule has 0 radical (unpaired) electrons. The maximum atomic E-state index is 4.50. The van der Waals surface area contributed by atoms with E-state index in [2.05, 4.69) is 10.3 Å². The van der Waals surface area contributed by atoms with Crippen molar-refractivity contribution in [1.29, 1.82) is 0 Å². The quantitative estimate of drug-likeness (QED) is 0.702. The van der Waals surface area contributed by atoms with Crippen molar-refractivity contribution in [2.24, 2.45) is 16.8 Å². The zero-order chi connectivity index (χ0) is 8.67. The molecule has 0 aromatic heterocycles. The maximum Gasteiger partial charge on any atom is 0.0966 e. The van der Waals surface area contributed by atoms with Crippen molar-refractivity contribution in [2.75, 3.05) is 6.54 Å². The fourth-order valence-electron chi connectivity index (χ4n) is 2.38. The molecular formula is C11H18N2. The van der Waals surface area contributed by atoms with E-state index in [-0.39, 0.29) is 0 Å². The molecule has 3 aliphatic rings. The van der Waals surface area contributed by atoms with Gasteiger partial charge >= 0.3 is 0 Å². The zero-order valence-electron chi connectivity index (χ0n) is 8.13. The summed E-state index contributed by atoms with van der Waals surface area (Å²) in [5.41, 5.74) is 0. The summed E-state index contributed by atoms with van der Waals surface area (Å²) in [4.78, 5) is 4.50. The van der Waals surface area contributed by atoms with E-state index in [1.807, 2.05) is 0 Å².